The van der Waals surface area contributed by atoms with E-state index in [1.165, 1.54) is 16.7 Å². The molecule has 31 heavy (non-hydrogen) atoms. The number of rotatable bonds is 4. The normalized spacial score (nSPS) is 11.3. The number of thiazole rings is 1. The second-order valence-electron chi connectivity index (χ2n) is 8.05. The molecule has 0 radical (unpaired) electrons. The molecule has 3 aromatic carbocycles. The van der Waals surface area contributed by atoms with Crippen LogP contribution in [0.2, 0.25) is 0 Å². The van der Waals surface area contributed by atoms with Crippen molar-refractivity contribution in [3.05, 3.63) is 94.7 Å². The predicted molar refractivity (Wildman–Crippen MR) is 128 cm³/mol. The molecule has 5 heteroatoms. The van der Waals surface area contributed by atoms with E-state index in [0.717, 1.165) is 32.0 Å². The summed E-state index contributed by atoms with van der Waals surface area (Å²) in [7, 11) is 0. The van der Waals surface area contributed by atoms with Crippen LogP contribution < -0.4 is 5.32 Å². The summed E-state index contributed by atoms with van der Waals surface area (Å²) in [5, 5.41) is 3.02. The molecular formula is C26H23N3OS. The van der Waals surface area contributed by atoms with E-state index in [9.17, 15) is 4.79 Å². The van der Waals surface area contributed by atoms with E-state index < -0.39 is 0 Å². The highest BCUT2D eigenvalue weighted by Crippen LogP contribution is 2.31. The summed E-state index contributed by atoms with van der Waals surface area (Å²) in [5.74, 6) is -0.0644. The van der Waals surface area contributed by atoms with Crippen molar-refractivity contribution in [1.29, 1.82) is 0 Å². The maximum Gasteiger partial charge on any atom is 0.251 e. The molecule has 0 atom stereocenters. The number of aryl methyl sites for hydroxylation is 3. The van der Waals surface area contributed by atoms with Gasteiger partial charge in [-0.15, -0.1) is 0 Å². The summed E-state index contributed by atoms with van der Waals surface area (Å²) in [6.07, 6.45) is 2.09. The lowest BCUT2D eigenvalue weighted by atomic mass is 10.0. The molecule has 0 aliphatic carbocycles. The second kappa shape index (κ2) is 7.67. The van der Waals surface area contributed by atoms with Crippen LogP contribution in [0.25, 0.3) is 26.4 Å². The maximum atomic E-state index is 12.7. The van der Waals surface area contributed by atoms with Crippen LogP contribution in [-0.4, -0.2) is 15.3 Å². The smallest absolute Gasteiger partial charge is 0.251 e. The third-order valence-corrected chi connectivity index (χ3v) is 6.57. The lowest BCUT2D eigenvalue weighted by Gasteiger charge is -2.06. The summed E-state index contributed by atoms with van der Waals surface area (Å²) in [5.41, 5.74) is 8.63. The quantitative estimate of drug-likeness (QED) is 0.380. The third kappa shape index (κ3) is 3.73. The number of hydrogen-bond donors (Lipinski definition) is 1. The lowest BCUT2D eigenvalue weighted by molar-refractivity contribution is 0.0951. The molecule has 5 aromatic rings. The van der Waals surface area contributed by atoms with Gasteiger partial charge in [-0.25, -0.2) is 4.98 Å². The molecule has 2 aromatic heterocycles. The van der Waals surface area contributed by atoms with Crippen molar-refractivity contribution < 1.29 is 4.79 Å². The summed E-state index contributed by atoms with van der Waals surface area (Å²) >= 11 is 1.61. The van der Waals surface area contributed by atoms with Gasteiger partial charge in [-0.1, -0.05) is 64.9 Å². The average Bonchev–Trinajstić information content (AvgIpc) is 3.29. The maximum absolute atomic E-state index is 12.7. The van der Waals surface area contributed by atoms with Crippen LogP contribution in [0.4, 0.5) is 0 Å². The van der Waals surface area contributed by atoms with Crippen LogP contribution in [0, 0.1) is 20.8 Å². The van der Waals surface area contributed by atoms with Gasteiger partial charge in [-0.05, 0) is 50.1 Å². The Labute approximate surface area is 185 Å². The Kier molecular flexibility index (Phi) is 4.83. The van der Waals surface area contributed by atoms with Crippen molar-refractivity contribution in [3.63, 3.8) is 0 Å². The average molecular weight is 426 g/mol. The second-order valence-corrected chi connectivity index (χ2v) is 9.06. The Morgan fingerprint density at radius 3 is 2.65 bits per heavy atom. The van der Waals surface area contributed by atoms with Gasteiger partial charge in [0.05, 0.1) is 15.9 Å². The fraction of sp³-hybridized carbons (Fsp3) is 0.154. The molecule has 154 valence electrons. The van der Waals surface area contributed by atoms with Crippen LogP contribution in [0.3, 0.4) is 0 Å². The van der Waals surface area contributed by atoms with Gasteiger partial charge in [0.25, 0.3) is 5.91 Å². The van der Waals surface area contributed by atoms with E-state index in [4.69, 9.17) is 4.98 Å². The predicted octanol–water partition coefficient (Wildman–Crippen LogP) is 6.07. The molecule has 1 N–H and O–H groups in total. The van der Waals surface area contributed by atoms with Gasteiger partial charge < -0.3 is 5.32 Å². The van der Waals surface area contributed by atoms with E-state index in [1.54, 1.807) is 11.3 Å². The highest BCUT2D eigenvalue weighted by atomic mass is 32.1. The van der Waals surface area contributed by atoms with Crippen molar-refractivity contribution in [2.45, 2.75) is 27.3 Å². The standard InChI is InChI=1S/C26H23N3OS/c1-16-5-4-6-19(12-16)14-27-25(30)20-8-10-23-24(13-20)31-26-28-22(15-29(23)26)21-9-7-17(2)11-18(21)3/h4-13,15H,14H2,1-3H3,(H,27,30). The third-order valence-electron chi connectivity index (χ3n) is 5.55. The van der Waals surface area contributed by atoms with Crippen molar-refractivity contribution in [2.75, 3.05) is 0 Å². The molecule has 0 saturated carbocycles. The van der Waals surface area contributed by atoms with Crippen LogP contribution in [-0.2, 0) is 6.54 Å². The monoisotopic (exact) mass is 425 g/mol. The molecule has 1 amide bonds. The van der Waals surface area contributed by atoms with Gasteiger partial charge in [-0.2, -0.15) is 0 Å². The molecule has 0 aliphatic rings. The lowest BCUT2D eigenvalue weighted by Crippen LogP contribution is -2.22. The van der Waals surface area contributed by atoms with E-state index in [-0.39, 0.29) is 5.91 Å². The molecule has 0 bridgehead atoms. The van der Waals surface area contributed by atoms with Crippen molar-refractivity contribution in [2.24, 2.45) is 0 Å². The molecule has 0 unspecified atom stereocenters. The zero-order valence-electron chi connectivity index (χ0n) is 17.8. The molecule has 4 nitrogen and oxygen atoms in total. The largest absolute Gasteiger partial charge is 0.348 e. The van der Waals surface area contributed by atoms with E-state index in [0.29, 0.717) is 12.1 Å². The first-order valence-electron chi connectivity index (χ1n) is 10.3. The topological polar surface area (TPSA) is 46.4 Å². The van der Waals surface area contributed by atoms with Crippen LogP contribution in [0.5, 0.6) is 0 Å². The molecule has 5 rings (SSSR count). The summed E-state index contributed by atoms with van der Waals surface area (Å²) in [6, 6.07) is 20.5. The Bertz CT molecular complexity index is 1440. The number of carbonyl (C=O) groups excluding carboxylic acids is 1. The van der Waals surface area contributed by atoms with E-state index in [2.05, 4.69) is 67.0 Å². The first kappa shape index (κ1) is 19.5. The van der Waals surface area contributed by atoms with Crippen molar-refractivity contribution in [1.82, 2.24) is 14.7 Å². The molecule has 0 fully saturated rings. The van der Waals surface area contributed by atoms with Crippen molar-refractivity contribution in [3.8, 4) is 11.3 Å². The summed E-state index contributed by atoms with van der Waals surface area (Å²) in [4.78, 5) is 18.5. The minimum absolute atomic E-state index is 0.0644. The fourth-order valence-electron chi connectivity index (χ4n) is 3.98. The zero-order valence-corrected chi connectivity index (χ0v) is 18.6. The van der Waals surface area contributed by atoms with Gasteiger partial charge in [0.2, 0.25) is 0 Å². The van der Waals surface area contributed by atoms with Crippen LogP contribution in [0.1, 0.15) is 32.6 Å². The number of nitrogens with one attached hydrogen (secondary N) is 1. The number of imidazole rings is 1. The molecule has 2 heterocycles. The molecule has 0 aliphatic heterocycles. The number of hydrogen-bond acceptors (Lipinski definition) is 3. The van der Waals surface area contributed by atoms with Crippen LogP contribution in [0.15, 0.2) is 66.9 Å². The summed E-state index contributed by atoms with van der Waals surface area (Å²) in [6.45, 7) is 6.80. The van der Waals surface area contributed by atoms with Crippen molar-refractivity contribution >= 4 is 32.4 Å². The number of nitrogens with zero attached hydrogens (tertiary/aromatic N) is 2. The van der Waals surface area contributed by atoms with Gasteiger partial charge in [0.1, 0.15) is 0 Å². The first-order chi connectivity index (χ1) is 15.0. The highest BCUT2D eigenvalue weighted by Gasteiger charge is 2.14. The van der Waals surface area contributed by atoms with E-state index in [1.807, 2.05) is 30.3 Å². The number of fused-ring (bicyclic) bond motifs is 3. The minimum Gasteiger partial charge on any atom is -0.348 e. The SMILES string of the molecule is Cc1cccc(CNC(=O)c2ccc3c(c2)sc2nc(-c4ccc(C)cc4C)cn23)c1. The molecular weight excluding hydrogens is 402 g/mol. The molecule has 0 saturated heterocycles. The number of aromatic nitrogens is 2. The Hall–Kier alpha value is -3.44. The zero-order chi connectivity index (χ0) is 21.5. The van der Waals surface area contributed by atoms with Gasteiger partial charge in [-0.3, -0.25) is 9.20 Å². The number of benzene rings is 3. The summed E-state index contributed by atoms with van der Waals surface area (Å²) < 4.78 is 3.17. The Balaban J connectivity index is 1.42. The number of amides is 1. The van der Waals surface area contributed by atoms with Crippen LogP contribution >= 0.6 is 11.3 Å². The fourth-order valence-corrected chi connectivity index (χ4v) is 5.03. The van der Waals surface area contributed by atoms with Gasteiger partial charge in [0.15, 0.2) is 4.96 Å². The van der Waals surface area contributed by atoms with Gasteiger partial charge in [0, 0.05) is 23.9 Å². The Morgan fingerprint density at radius 1 is 1.00 bits per heavy atom. The minimum atomic E-state index is -0.0644. The highest BCUT2D eigenvalue weighted by molar-refractivity contribution is 7.23. The Morgan fingerprint density at radius 2 is 1.84 bits per heavy atom. The molecule has 0 spiro atoms. The van der Waals surface area contributed by atoms with E-state index >= 15 is 0 Å². The number of carbonyl (C=O) groups is 1. The van der Waals surface area contributed by atoms with Gasteiger partial charge >= 0.3 is 0 Å². The first-order valence-corrected chi connectivity index (χ1v) is 11.1.